The fourth-order valence-electron chi connectivity index (χ4n) is 2.66. The molecule has 0 aromatic heterocycles. The van der Waals surface area contributed by atoms with E-state index in [1.54, 1.807) is 0 Å². The number of hydrogen-bond donors (Lipinski definition) is 4. The van der Waals surface area contributed by atoms with Crippen molar-refractivity contribution in [3.05, 3.63) is 0 Å². The average Bonchev–Trinajstić information content (AvgIpc) is 2.49. The third-order valence-electron chi connectivity index (χ3n) is 4.01. The molecule has 0 aromatic carbocycles. The van der Waals surface area contributed by atoms with E-state index >= 15 is 0 Å². The average molecular weight is 410 g/mol. The minimum Gasteiger partial charge on any atom is -0.396 e. The molecule has 5 nitrogen and oxygen atoms in total. The van der Waals surface area contributed by atoms with Crippen molar-refractivity contribution in [1.82, 2.24) is 0 Å². The SMILES string of the molecule is CCCCCCCCCCCCCCCCCCO.O=P(O)(O)O.[HH].[K]. The molecule has 1 radical (unpaired) electrons. The molecule has 0 saturated carbocycles. The normalized spacial score (nSPS) is 10.8. The van der Waals surface area contributed by atoms with E-state index in [4.69, 9.17) is 24.4 Å². The van der Waals surface area contributed by atoms with Gasteiger partial charge in [0.25, 0.3) is 0 Å². The largest absolute Gasteiger partial charge is 0.466 e. The van der Waals surface area contributed by atoms with Crippen LogP contribution in [0.5, 0.6) is 0 Å². The first-order valence-electron chi connectivity index (χ1n) is 9.81. The van der Waals surface area contributed by atoms with Gasteiger partial charge in [-0.1, -0.05) is 103 Å². The smallest absolute Gasteiger partial charge is 0.396 e. The van der Waals surface area contributed by atoms with Gasteiger partial charge in [-0.15, -0.1) is 0 Å². The van der Waals surface area contributed by atoms with Crippen molar-refractivity contribution in [1.29, 1.82) is 0 Å². The summed E-state index contributed by atoms with van der Waals surface area (Å²) in [6, 6.07) is 0. The van der Waals surface area contributed by atoms with Crippen LogP contribution in [0.25, 0.3) is 0 Å². The van der Waals surface area contributed by atoms with Crippen LogP contribution in [0, 0.1) is 0 Å². The van der Waals surface area contributed by atoms with Gasteiger partial charge in [-0.25, -0.2) is 4.57 Å². The molecular weight excluding hydrogens is 366 g/mol. The molecule has 4 N–H and O–H groups in total. The summed E-state index contributed by atoms with van der Waals surface area (Å²) in [6.07, 6.45) is 22.2. The molecule has 0 saturated heterocycles. The van der Waals surface area contributed by atoms with Gasteiger partial charge in [0.2, 0.25) is 0 Å². The van der Waals surface area contributed by atoms with Crippen LogP contribution < -0.4 is 0 Å². The summed E-state index contributed by atoms with van der Waals surface area (Å²) in [7, 11) is -4.64. The molecule has 0 amide bonds. The Bertz CT molecular complexity index is 256. The summed E-state index contributed by atoms with van der Waals surface area (Å²) in [6.45, 7) is 2.66. The van der Waals surface area contributed by atoms with E-state index in [1.165, 1.54) is 96.3 Å². The third kappa shape index (κ3) is 46.1. The summed E-state index contributed by atoms with van der Waals surface area (Å²) < 4.78 is 8.88. The van der Waals surface area contributed by atoms with Crippen molar-refractivity contribution < 1.29 is 25.8 Å². The molecular formula is C18H43KO5P. The first kappa shape index (κ1) is 31.4. The van der Waals surface area contributed by atoms with Crippen molar-refractivity contribution in [2.45, 2.75) is 110 Å². The van der Waals surface area contributed by atoms with Crippen LogP contribution in [0.3, 0.4) is 0 Å². The van der Waals surface area contributed by atoms with Crippen LogP contribution in [0.15, 0.2) is 0 Å². The predicted octanol–water partition coefficient (Wildman–Crippen LogP) is 5.18. The van der Waals surface area contributed by atoms with Crippen LogP contribution in [-0.2, 0) is 4.57 Å². The maximum Gasteiger partial charge on any atom is 0.466 e. The maximum absolute atomic E-state index is 8.88. The van der Waals surface area contributed by atoms with Gasteiger partial charge in [0.1, 0.15) is 0 Å². The molecule has 0 atom stereocenters. The van der Waals surface area contributed by atoms with Crippen molar-refractivity contribution in [2.75, 3.05) is 6.61 Å². The van der Waals surface area contributed by atoms with Gasteiger partial charge in [-0.2, -0.15) is 0 Å². The molecule has 7 heteroatoms. The van der Waals surface area contributed by atoms with Gasteiger partial charge in [0, 0.05) is 59.4 Å². The maximum atomic E-state index is 8.88. The molecule has 0 fully saturated rings. The monoisotopic (exact) mass is 409 g/mol. The Morgan fingerprint density at radius 1 is 0.600 bits per heavy atom. The van der Waals surface area contributed by atoms with Crippen LogP contribution in [0.1, 0.15) is 111 Å². The van der Waals surface area contributed by atoms with Crippen molar-refractivity contribution in [2.24, 2.45) is 0 Å². The van der Waals surface area contributed by atoms with Crippen LogP contribution in [-0.4, -0.2) is 77.8 Å². The zero-order chi connectivity index (χ0) is 18.5. The Hall–Kier alpha value is 1.71. The van der Waals surface area contributed by atoms with Gasteiger partial charge in [0.15, 0.2) is 0 Å². The molecule has 0 rings (SSSR count). The standard InChI is InChI=1S/C18H38O.K.H3O4P.H2/c1-2-3-4-5-6-7-8-9-10-11-12-13-14-15-16-17-18-19;;1-5(2,3)4;/h19H,2-18H2,1H3;;(H3,1,2,3,4);1H. The predicted molar refractivity (Wildman–Crippen MR) is 109 cm³/mol. The fourth-order valence-corrected chi connectivity index (χ4v) is 2.66. The molecule has 25 heavy (non-hydrogen) atoms. The van der Waals surface area contributed by atoms with E-state index in [1.807, 2.05) is 0 Å². The van der Waals surface area contributed by atoms with Crippen molar-refractivity contribution in [3.63, 3.8) is 0 Å². The van der Waals surface area contributed by atoms with Gasteiger partial charge >= 0.3 is 7.82 Å². The van der Waals surface area contributed by atoms with E-state index in [2.05, 4.69) is 6.92 Å². The number of aliphatic hydroxyl groups is 1. The van der Waals surface area contributed by atoms with E-state index in [-0.39, 0.29) is 52.8 Å². The van der Waals surface area contributed by atoms with E-state index in [0.717, 1.165) is 6.42 Å². The zero-order valence-corrected chi connectivity index (χ0v) is 20.7. The van der Waals surface area contributed by atoms with Crippen LogP contribution in [0.4, 0.5) is 0 Å². The number of unbranched alkanes of at least 4 members (excludes halogenated alkanes) is 15. The molecule has 0 unspecified atom stereocenters. The Kier molecular flexibility index (Phi) is 32.3. The Morgan fingerprint density at radius 2 is 0.800 bits per heavy atom. The minimum atomic E-state index is -4.64. The second kappa shape index (κ2) is 25.7. The first-order valence-corrected chi connectivity index (χ1v) is 11.4. The Morgan fingerprint density at radius 3 is 1.00 bits per heavy atom. The van der Waals surface area contributed by atoms with E-state index < -0.39 is 7.82 Å². The van der Waals surface area contributed by atoms with Gasteiger partial charge < -0.3 is 19.8 Å². The minimum absolute atomic E-state index is 0. The van der Waals surface area contributed by atoms with Crippen LogP contribution in [0.2, 0.25) is 0 Å². The molecule has 0 aromatic rings. The quantitative estimate of drug-likeness (QED) is 0.160. The number of hydrogen-bond acceptors (Lipinski definition) is 2. The molecule has 0 heterocycles. The molecule has 0 bridgehead atoms. The van der Waals surface area contributed by atoms with Gasteiger partial charge in [-0.05, 0) is 6.42 Å². The van der Waals surface area contributed by atoms with Gasteiger partial charge in [0.05, 0.1) is 0 Å². The summed E-state index contributed by atoms with van der Waals surface area (Å²) >= 11 is 0. The molecule has 0 aliphatic carbocycles. The summed E-state index contributed by atoms with van der Waals surface area (Å²) in [5, 5.41) is 8.67. The fraction of sp³-hybridized carbons (Fsp3) is 1.00. The Balaban J connectivity index is -0.000000304. The first-order chi connectivity index (χ1) is 11.4. The summed E-state index contributed by atoms with van der Waals surface area (Å²) in [5.41, 5.74) is 0. The summed E-state index contributed by atoms with van der Waals surface area (Å²) in [5.74, 6) is 0. The van der Waals surface area contributed by atoms with Crippen LogP contribution >= 0.6 is 7.82 Å². The second-order valence-electron chi connectivity index (χ2n) is 6.54. The van der Waals surface area contributed by atoms with Crippen molar-refractivity contribution in [3.8, 4) is 0 Å². The summed E-state index contributed by atoms with van der Waals surface area (Å²) in [4.78, 5) is 21.6. The topological polar surface area (TPSA) is 98.0 Å². The Labute approximate surface area is 199 Å². The third-order valence-corrected chi connectivity index (χ3v) is 4.01. The molecule has 151 valence electrons. The number of phosphoric acid groups is 1. The second-order valence-corrected chi connectivity index (χ2v) is 7.57. The van der Waals surface area contributed by atoms with E-state index in [9.17, 15) is 0 Å². The molecule has 0 aliphatic heterocycles. The molecule has 0 aliphatic rings. The number of aliphatic hydroxyl groups excluding tert-OH is 1. The molecule has 0 spiro atoms. The van der Waals surface area contributed by atoms with Gasteiger partial charge in [-0.3, -0.25) is 0 Å². The van der Waals surface area contributed by atoms with Crippen molar-refractivity contribution >= 4 is 59.2 Å². The number of rotatable bonds is 16. The zero-order valence-electron chi connectivity index (χ0n) is 16.7. The van der Waals surface area contributed by atoms with E-state index in [0.29, 0.717) is 6.61 Å².